The highest BCUT2D eigenvalue weighted by molar-refractivity contribution is 8.02. The number of esters is 1. The van der Waals surface area contributed by atoms with Crippen molar-refractivity contribution in [2.75, 3.05) is 0 Å². The van der Waals surface area contributed by atoms with E-state index in [1.165, 1.54) is 11.8 Å². The molecular weight excluding hydrogens is 499 g/mol. The zero-order valence-electron chi connectivity index (χ0n) is 18.9. The van der Waals surface area contributed by atoms with Crippen LogP contribution in [0.15, 0.2) is 101 Å². The molecule has 0 amide bonds. The molecule has 3 aromatic carbocycles. The molecule has 1 atom stereocenters. The molecule has 4 rings (SSSR count). The maximum atomic E-state index is 13.3. The van der Waals surface area contributed by atoms with Crippen LogP contribution in [0.1, 0.15) is 29.5 Å². The van der Waals surface area contributed by atoms with E-state index in [9.17, 15) is 10.1 Å². The summed E-state index contributed by atoms with van der Waals surface area (Å²) in [5, 5.41) is 15.4. The van der Waals surface area contributed by atoms with Crippen LogP contribution in [0.4, 0.5) is 0 Å². The van der Waals surface area contributed by atoms with Gasteiger partial charge in [0.25, 0.3) is 0 Å². The van der Waals surface area contributed by atoms with E-state index < -0.39 is 11.9 Å². The lowest BCUT2D eigenvalue weighted by atomic mass is 9.82. The fraction of sp³-hybridized carbons (Fsp3) is 0.143. The van der Waals surface area contributed by atoms with Crippen LogP contribution in [0.3, 0.4) is 0 Å². The Kier molecular flexibility index (Phi) is 8.20. The van der Waals surface area contributed by atoms with E-state index in [-0.39, 0.29) is 6.61 Å². The van der Waals surface area contributed by atoms with E-state index in [0.717, 1.165) is 16.7 Å². The predicted octanol–water partition coefficient (Wildman–Crippen LogP) is 7.37. The van der Waals surface area contributed by atoms with Gasteiger partial charge in [-0.3, -0.25) is 0 Å². The number of nitrogens with zero attached hydrogens (tertiary/aromatic N) is 1. The lowest BCUT2D eigenvalue weighted by Crippen LogP contribution is -2.28. The van der Waals surface area contributed by atoms with Crippen LogP contribution in [0.2, 0.25) is 10.0 Å². The zero-order chi connectivity index (χ0) is 24.8. The van der Waals surface area contributed by atoms with Crippen molar-refractivity contribution in [3.8, 4) is 6.07 Å². The first-order valence-electron chi connectivity index (χ1n) is 10.9. The minimum atomic E-state index is -0.587. The third-order valence-electron chi connectivity index (χ3n) is 5.61. The number of rotatable bonds is 7. The molecule has 3 aromatic rings. The van der Waals surface area contributed by atoms with Crippen molar-refractivity contribution in [3.05, 3.63) is 127 Å². The van der Waals surface area contributed by atoms with Crippen LogP contribution in [-0.2, 0) is 21.9 Å². The van der Waals surface area contributed by atoms with Gasteiger partial charge in [-0.25, -0.2) is 4.79 Å². The summed E-state index contributed by atoms with van der Waals surface area (Å²) in [6, 6.07) is 26.6. The first kappa shape index (κ1) is 24.9. The van der Waals surface area contributed by atoms with E-state index in [1.807, 2.05) is 73.7 Å². The summed E-state index contributed by atoms with van der Waals surface area (Å²) >= 11 is 13.9. The SMILES string of the molecule is CC1=C(C(=O)OCc2ccccc2)[C@H](c2ccc(Cl)cc2)C(C#N)=C(SCc2ccccc2Cl)N1. The molecule has 0 saturated carbocycles. The van der Waals surface area contributed by atoms with Crippen molar-refractivity contribution in [2.45, 2.75) is 25.2 Å². The number of nitrogens with one attached hydrogen (secondary N) is 1. The Morgan fingerprint density at radius 2 is 1.71 bits per heavy atom. The van der Waals surface area contributed by atoms with E-state index in [1.54, 1.807) is 12.1 Å². The van der Waals surface area contributed by atoms with Crippen LogP contribution >= 0.6 is 35.0 Å². The van der Waals surface area contributed by atoms with Gasteiger partial charge in [0.2, 0.25) is 0 Å². The number of halogens is 2. The molecule has 0 bridgehead atoms. The highest BCUT2D eigenvalue weighted by Crippen LogP contribution is 2.42. The molecule has 0 aromatic heterocycles. The second-order valence-electron chi connectivity index (χ2n) is 7.94. The minimum Gasteiger partial charge on any atom is -0.457 e. The molecule has 0 aliphatic carbocycles. The Morgan fingerprint density at radius 1 is 1.03 bits per heavy atom. The Labute approximate surface area is 219 Å². The number of carbonyl (C=O) groups excluding carboxylic acids is 1. The molecule has 4 nitrogen and oxygen atoms in total. The number of hydrogen-bond acceptors (Lipinski definition) is 5. The van der Waals surface area contributed by atoms with Gasteiger partial charge in [-0.2, -0.15) is 5.26 Å². The van der Waals surface area contributed by atoms with Gasteiger partial charge in [0, 0.05) is 21.5 Å². The van der Waals surface area contributed by atoms with Gasteiger partial charge >= 0.3 is 5.97 Å². The normalized spacial score (nSPS) is 15.4. The molecule has 7 heteroatoms. The van der Waals surface area contributed by atoms with E-state index >= 15 is 0 Å². The Hall–Kier alpha value is -3.17. The van der Waals surface area contributed by atoms with Crippen LogP contribution in [0.25, 0.3) is 0 Å². The summed E-state index contributed by atoms with van der Waals surface area (Å²) in [5.74, 6) is -0.487. The highest BCUT2D eigenvalue weighted by atomic mass is 35.5. The van der Waals surface area contributed by atoms with Gasteiger partial charge in [0.05, 0.1) is 28.2 Å². The number of hydrogen-bond donors (Lipinski definition) is 1. The third kappa shape index (κ3) is 5.91. The Morgan fingerprint density at radius 3 is 2.40 bits per heavy atom. The summed E-state index contributed by atoms with van der Waals surface area (Å²) < 4.78 is 5.67. The second kappa shape index (κ2) is 11.5. The largest absolute Gasteiger partial charge is 0.457 e. The lowest BCUT2D eigenvalue weighted by molar-refractivity contribution is -0.140. The molecular formula is C28H22Cl2N2O2S. The Balaban J connectivity index is 1.67. The van der Waals surface area contributed by atoms with Gasteiger partial charge in [-0.15, -0.1) is 11.8 Å². The molecule has 176 valence electrons. The maximum Gasteiger partial charge on any atom is 0.337 e. The highest BCUT2D eigenvalue weighted by Gasteiger charge is 2.35. The molecule has 1 heterocycles. The van der Waals surface area contributed by atoms with Gasteiger partial charge in [0.15, 0.2) is 0 Å². The van der Waals surface area contributed by atoms with E-state index in [4.69, 9.17) is 27.9 Å². The van der Waals surface area contributed by atoms with Crippen LogP contribution in [0.5, 0.6) is 0 Å². The average Bonchev–Trinajstić information content (AvgIpc) is 2.87. The lowest BCUT2D eigenvalue weighted by Gasteiger charge is -2.29. The number of benzene rings is 3. The fourth-order valence-corrected chi connectivity index (χ4v) is 5.36. The van der Waals surface area contributed by atoms with E-state index in [2.05, 4.69) is 11.4 Å². The first-order valence-corrected chi connectivity index (χ1v) is 12.7. The summed E-state index contributed by atoms with van der Waals surface area (Å²) in [5.41, 5.74) is 4.13. The number of carbonyl (C=O) groups is 1. The predicted molar refractivity (Wildman–Crippen MR) is 142 cm³/mol. The van der Waals surface area contributed by atoms with Crippen molar-refractivity contribution in [3.63, 3.8) is 0 Å². The van der Waals surface area contributed by atoms with Crippen molar-refractivity contribution >= 4 is 40.9 Å². The molecule has 0 fully saturated rings. The number of dihydropyridines is 1. The maximum absolute atomic E-state index is 13.3. The molecule has 0 saturated heterocycles. The van der Waals surface area contributed by atoms with Crippen molar-refractivity contribution in [2.24, 2.45) is 0 Å². The molecule has 0 unspecified atom stereocenters. The minimum absolute atomic E-state index is 0.142. The number of nitriles is 1. The first-order chi connectivity index (χ1) is 17.0. The second-order valence-corrected chi connectivity index (χ2v) is 9.77. The summed E-state index contributed by atoms with van der Waals surface area (Å²) in [6.07, 6.45) is 0. The summed E-state index contributed by atoms with van der Waals surface area (Å²) in [6.45, 7) is 1.97. The van der Waals surface area contributed by atoms with Crippen LogP contribution in [-0.4, -0.2) is 5.97 Å². The third-order valence-corrected chi connectivity index (χ3v) is 7.30. The van der Waals surface area contributed by atoms with Crippen molar-refractivity contribution < 1.29 is 9.53 Å². The zero-order valence-corrected chi connectivity index (χ0v) is 21.3. The smallest absolute Gasteiger partial charge is 0.337 e. The molecule has 1 N–H and O–H groups in total. The molecule has 0 spiro atoms. The van der Waals surface area contributed by atoms with Gasteiger partial charge in [-0.1, -0.05) is 83.9 Å². The number of allylic oxidation sites excluding steroid dienone is 2. The summed E-state index contributed by atoms with van der Waals surface area (Å²) in [4.78, 5) is 13.3. The Bertz CT molecular complexity index is 1330. The fourth-order valence-electron chi connectivity index (χ4n) is 3.85. The topological polar surface area (TPSA) is 62.1 Å². The standard InChI is InChI=1S/C28H22Cl2N2O2S/c1-18-25(28(33)34-16-19-7-3-2-4-8-19)26(20-11-13-22(29)14-12-20)23(15-31)27(32-18)35-17-21-9-5-6-10-24(21)30/h2-14,26,32H,16-17H2,1H3/t26-/m1/s1. The molecule has 35 heavy (non-hydrogen) atoms. The van der Waals surface area contributed by atoms with Gasteiger partial charge in [-0.05, 0) is 41.8 Å². The molecule has 1 aliphatic heterocycles. The molecule has 1 aliphatic rings. The average molecular weight is 521 g/mol. The number of ether oxygens (including phenoxy) is 1. The van der Waals surface area contributed by atoms with Crippen molar-refractivity contribution in [1.29, 1.82) is 5.26 Å². The van der Waals surface area contributed by atoms with Crippen LogP contribution < -0.4 is 5.32 Å². The number of thioether (sulfide) groups is 1. The quantitative estimate of drug-likeness (QED) is 0.329. The monoisotopic (exact) mass is 520 g/mol. The van der Waals surface area contributed by atoms with Crippen LogP contribution in [0, 0.1) is 11.3 Å². The van der Waals surface area contributed by atoms with Gasteiger partial charge < -0.3 is 10.1 Å². The molecule has 0 radical (unpaired) electrons. The van der Waals surface area contributed by atoms with E-state index in [0.29, 0.717) is 37.7 Å². The van der Waals surface area contributed by atoms with Crippen molar-refractivity contribution in [1.82, 2.24) is 5.32 Å². The summed E-state index contributed by atoms with van der Waals surface area (Å²) in [7, 11) is 0. The van der Waals surface area contributed by atoms with Gasteiger partial charge in [0.1, 0.15) is 6.61 Å².